The SMILES string of the molecule is C=CN1CCN(c2ccc(O)cc2)CC1. The zero-order chi connectivity index (χ0) is 10.7. The lowest BCUT2D eigenvalue weighted by atomic mass is 10.2. The molecule has 0 bridgehead atoms. The second-order valence-electron chi connectivity index (χ2n) is 3.72. The molecule has 2 rings (SSSR count). The van der Waals surface area contributed by atoms with Crippen LogP contribution in [0.1, 0.15) is 0 Å². The highest BCUT2D eigenvalue weighted by molar-refractivity contribution is 5.49. The number of phenolic OH excluding ortho intramolecular Hbond substituents is 1. The van der Waals surface area contributed by atoms with Gasteiger partial charge in [-0.05, 0) is 30.5 Å². The van der Waals surface area contributed by atoms with Crippen molar-refractivity contribution in [1.82, 2.24) is 4.90 Å². The highest BCUT2D eigenvalue weighted by atomic mass is 16.3. The molecule has 0 radical (unpaired) electrons. The first-order valence-corrected chi connectivity index (χ1v) is 5.20. The fourth-order valence-corrected chi connectivity index (χ4v) is 1.83. The van der Waals surface area contributed by atoms with Crippen molar-refractivity contribution in [1.29, 1.82) is 0 Å². The Labute approximate surface area is 90.2 Å². The molecular weight excluding hydrogens is 188 g/mol. The third kappa shape index (κ3) is 2.24. The summed E-state index contributed by atoms with van der Waals surface area (Å²) in [7, 11) is 0. The lowest BCUT2D eigenvalue weighted by Gasteiger charge is -2.35. The standard InChI is InChI=1S/C12H16N2O/c1-2-13-7-9-14(10-8-13)11-3-5-12(15)6-4-11/h2-6,15H,1,7-10H2. The van der Waals surface area contributed by atoms with Crippen LogP contribution in [-0.2, 0) is 0 Å². The van der Waals surface area contributed by atoms with Crippen molar-refractivity contribution >= 4 is 5.69 Å². The molecule has 0 amide bonds. The number of hydrogen-bond donors (Lipinski definition) is 1. The van der Waals surface area contributed by atoms with Gasteiger partial charge in [0.05, 0.1) is 0 Å². The van der Waals surface area contributed by atoms with Crippen LogP contribution in [0.3, 0.4) is 0 Å². The maximum atomic E-state index is 9.20. The molecule has 0 spiro atoms. The lowest BCUT2D eigenvalue weighted by Crippen LogP contribution is -2.43. The summed E-state index contributed by atoms with van der Waals surface area (Å²) in [6, 6.07) is 7.38. The van der Waals surface area contributed by atoms with E-state index in [1.165, 1.54) is 5.69 Å². The van der Waals surface area contributed by atoms with Gasteiger partial charge in [-0.25, -0.2) is 0 Å². The zero-order valence-electron chi connectivity index (χ0n) is 8.76. The first-order chi connectivity index (χ1) is 7.29. The van der Waals surface area contributed by atoms with Gasteiger partial charge in [0, 0.05) is 31.9 Å². The van der Waals surface area contributed by atoms with E-state index in [1.807, 2.05) is 18.3 Å². The van der Waals surface area contributed by atoms with Crippen LogP contribution < -0.4 is 4.90 Å². The van der Waals surface area contributed by atoms with Crippen molar-refractivity contribution in [2.75, 3.05) is 31.1 Å². The quantitative estimate of drug-likeness (QED) is 0.793. The normalized spacial score (nSPS) is 16.5. The van der Waals surface area contributed by atoms with E-state index < -0.39 is 0 Å². The van der Waals surface area contributed by atoms with Crippen LogP contribution in [0, 0.1) is 0 Å². The van der Waals surface area contributed by atoms with Gasteiger partial charge in [-0.1, -0.05) is 6.58 Å². The second kappa shape index (κ2) is 4.26. The van der Waals surface area contributed by atoms with Crippen molar-refractivity contribution in [2.45, 2.75) is 0 Å². The third-order valence-electron chi connectivity index (χ3n) is 2.79. The summed E-state index contributed by atoms with van der Waals surface area (Å²) in [5.74, 6) is 0.323. The molecule has 1 aromatic rings. The maximum absolute atomic E-state index is 9.20. The first kappa shape index (κ1) is 9.90. The summed E-state index contributed by atoms with van der Waals surface area (Å²) < 4.78 is 0. The van der Waals surface area contributed by atoms with Crippen molar-refractivity contribution in [2.24, 2.45) is 0 Å². The van der Waals surface area contributed by atoms with Gasteiger partial charge in [0.25, 0.3) is 0 Å². The first-order valence-electron chi connectivity index (χ1n) is 5.20. The predicted molar refractivity (Wildman–Crippen MR) is 62.1 cm³/mol. The Bertz CT molecular complexity index is 326. The number of piperazine rings is 1. The van der Waals surface area contributed by atoms with Gasteiger partial charge in [0.15, 0.2) is 0 Å². The van der Waals surface area contributed by atoms with Gasteiger partial charge in [0.1, 0.15) is 5.75 Å². The molecule has 1 N–H and O–H groups in total. The number of benzene rings is 1. The van der Waals surface area contributed by atoms with Gasteiger partial charge >= 0.3 is 0 Å². The molecule has 3 nitrogen and oxygen atoms in total. The van der Waals surface area contributed by atoms with Gasteiger partial charge in [-0.2, -0.15) is 0 Å². The molecule has 1 aliphatic heterocycles. The van der Waals surface area contributed by atoms with E-state index in [-0.39, 0.29) is 0 Å². The average Bonchev–Trinajstić information content (AvgIpc) is 2.30. The van der Waals surface area contributed by atoms with E-state index in [2.05, 4.69) is 16.4 Å². The molecule has 1 fully saturated rings. The van der Waals surface area contributed by atoms with E-state index in [0.29, 0.717) is 5.75 Å². The minimum Gasteiger partial charge on any atom is -0.508 e. The van der Waals surface area contributed by atoms with Crippen molar-refractivity contribution in [3.63, 3.8) is 0 Å². The number of phenols is 1. The van der Waals surface area contributed by atoms with Crippen LogP contribution in [-0.4, -0.2) is 36.2 Å². The summed E-state index contributed by atoms with van der Waals surface area (Å²) >= 11 is 0. The molecule has 1 aromatic carbocycles. The number of rotatable bonds is 2. The largest absolute Gasteiger partial charge is 0.508 e. The summed E-state index contributed by atoms with van der Waals surface area (Å²) in [5.41, 5.74) is 1.18. The molecule has 3 heteroatoms. The van der Waals surface area contributed by atoms with Crippen LogP contribution >= 0.6 is 0 Å². The van der Waals surface area contributed by atoms with E-state index in [0.717, 1.165) is 26.2 Å². The Morgan fingerprint density at radius 3 is 2.20 bits per heavy atom. The van der Waals surface area contributed by atoms with Gasteiger partial charge in [-0.15, -0.1) is 0 Å². The summed E-state index contributed by atoms with van der Waals surface area (Å²) in [6.45, 7) is 7.83. The molecular formula is C12H16N2O. The minimum atomic E-state index is 0.323. The zero-order valence-corrected chi connectivity index (χ0v) is 8.76. The number of hydrogen-bond acceptors (Lipinski definition) is 3. The monoisotopic (exact) mass is 204 g/mol. The number of anilines is 1. The van der Waals surface area contributed by atoms with Crippen LogP contribution in [0.15, 0.2) is 37.0 Å². The Hall–Kier alpha value is -1.64. The number of aromatic hydroxyl groups is 1. The van der Waals surface area contributed by atoms with Crippen molar-refractivity contribution in [3.05, 3.63) is 37.0 Å². The Kier molecular flexibility index (Phi) is 2.81. The summed E-state index contributed by atoms with van der Waals surface area (Å²) in [4.78, 5) is 4.54. The van der Waals surface area contributed by atoms with Crippen molar-refractivity contribution in [3.8, 4) is 5.75 Å². The molecule has 15 heavy (non-hydrogen) atoms. The van der Waals surface area contributed by atoms with Crippen LogP contribution in [0.2, 0.25) is 0 Å². The van der Waals surface area contributed by atoms with E-state index >= 15 is 0 Å². The smallest absolute Gasteiger partial charge is 0.115 e. The Balaban J connectivity index is 2.01. The lowest BCUT2D eigenvalue weighted by molar-refractivity contribution is 0.350. The fourth-order valence-electron chi connectivity index (χ4n) is 1.83. The van der Waals surface area contributed by atoms with Crippen LogP contribution in [0.25, 0.3) is 0 Å². The molecule has 1 heterocycles. The van der Waals surface area contributed by atoms with Gasteiger partial charge in [0.2, 0.25) is 0 Å². The second-order valence-corrected chi connectivity index (χ2v) is 3.72. The van der Waals surface area contributed by atoms with Crippen molar-refractivity contribution < 1.29 is 5.11 Å². The molecule has 0 saturated carbocycles. The van der Waals surface area contributed by atoms with E-state index in [9.17, 15) is 5.11 Å². The minimum absolute atomic E-state index is 0.323. The molecule has 0 unspecified atom stereocenters. The topological polar surface area (TPSA) is 26.7 Å². The number of nitrogens with zero attached hydrogens (tertiary/aromatic N) is 2. The van der Waals surface area contributed by atoms with Gasteiger partial charge in [-0.3, -0.25) is 0 Å². The maximum Gasteiger partial charge on any atom is 0.115 e. The molecule has 0 aromatic heterocycles. The highest BCUT2D eigenvalue weighted by Crippen LogP contribution is 2.19. The molecule has 80 valence electrons. The molecule has 1 saturated heterocycles. The third-order valence-corrected chi connectivity index (χ3v) is 2.79. The fraction of sp³-hybridized carbons (Fsp3) is 0.333. The van der Waals surface area contributed by atoms with E-state index in [4.69, 9.17) is 0 Å². The average molecular weight is 204 g/mol. The van der Waals surface area contributed by atoms with E-state index in [1.54, 1.807) is 12.1 Å². The summed E-state index contributed by atoms with van der Waals surface area (Å²) in [6.07, 6.45) is 1.90. The Morgan fingerprint density at radius 2 is 1.67 bits per heavy atom. The summed E-state index contributed by atoms with van der Waals surface area (Å²) in [5, 5.41) is 9.20. The van der Waals surface area contributed by atoms with Gasteiger partial charge < -0.3 is 14.9 Å². The van der Waals surface area contributed by atoms with Crippen LogP contribution in [0.4, 0.5) is 5.69 Å². The molecule has 0 atom stereocenters. The highest BCUT2D eigenvalue weighted by Gasteiger charge is 2.13. The predicted octanol–water partition coefficient (Wildman–Crippen LogP) is 1.66. The van der Waals surface area contributed by atoms with Crippen LogP contribution in [0.5, 0.6) is 5.75 Å². The molecule has 0 aliphatic carbocycles. The molecule has 1 aliphatic rings. The Morgan fingerprint density at radius 1 is 1.07 bits per heavy atom.